The molecule has 0 aliphatic carbocycles. The molecule has 0 saturated carbocycles. The van der Waals surface area contributed by atoms with Gasteiger partial charge in [0, 0.05) is 5.56 Å². The number of hydrogen-bond acceptors (Lipinski definition) is 5. The molecule has 0 aliphatic rings. The van der Waals surface area contributed by atoms with Crippen LogP contribution in [0.2, 0.25) is 0 Å². The molecule has 0 saturated heterocycles. The van der Waals surface area contributed by atoms with Gasteiger partial charge in [-0.25, -0.2) is 9.48 Å². The third kappa shape index (κ3) is 4.91. The van der Waals surface area contributed by atoms with Gasteiger partial charge in [-0.15, -0.1) is 5.10 Å². The maximum atomic E-state index is 11.6. The monoisotopic (exact) mass is 316 g/mol. The van der Waals surface area contributed by atoms with Gasteiger partial charge in [0.2, 0.25) is 0 Å². The van der Waals surface area contributed by atoms with Crippen molar-refractivity contribution in [3.05, 3.63) is 41.7 Å². The van der Waals surface area contributed by atoms with Gasteiger partial charge in [-0.1, -0.05) is 5.21 Å². The Hall–Kier alpha value is -2.70. The zero-order valence-electron chi connectivity index (χ0n) is 13.7. The highest BCUT2D eigenvalue weighted by atomic mass is 16.6. The van der Waals surface area contributed by atoms with Crippen molar-refractivity contribution in [3.63, 3.8) is 0 Å². The van der Waals surface area contributed by atoms with E-state index >= 15 is 0 Å². The molecule has 1 N–H and O–H groups in total. The van der Waals surface area contributed by atoms with Gasteiger partial charge in [0.05, 0.1) is 18.4 Å². The molecular formula is C16H20N4O3. The zero-order valence-corrected chi connectivity index (χ0v) is 13.7. The van der Waals surface area contributed by atoms with Crippen molar-refractivity contribution >= 4 is 11.9 Å². The molecule has 1 amide bonds. The van der Waals surface area contributed by atoms with Crippen molar-refractivity contribution in [3.8, 4) is 5.69 Å². The van der Waals surface area contributed by atoms with E-state index in [0.717, 1.165) is 5.69 Å². The zero-order chi connectivity index (χ0) is 17.0. The van der Waals surface area contributed by atoms with Crippen molar-refractivity contribution < 1.29 is 14.3 Å². The molecule has 23 heavy (non-hydrogen) atoms. The third-order valence-corrected chi connectivity index (χ3v) is 2.89. The number of amides is 1. The Morgan fingerprint density at radius 1 is 1.22 bits per heavy atom. The van der Waals surface area contributed by atoms with Crippen LogP contribution in [0.4, 0.5) is 4.79 Å². The van der Waals surface area contributed by atoms with E-state index < -0.39 is 11.7 Å². The molecule has 1 aromatic carbocycles. The van der Waals surface area contributed by atoms with Crippen molar-refractivity contribution in [1.82, 2.24) is 20.3 Å². The minimum Gasteiger partial charge on any atom is -0.444 e. The third-order valence-electron chi connectivity index (χ3n) is 2.89. The lowest BCUT2D eigenvalue weighted by Gasteiger charge is -2.19. The van der Waals surface area contributed by atoms with Gasteiger partial charge in [0.15, 0.2) is 5.78 Å². The fourth-order valence-electron chi connectivity index (χ4n) is 1.83. The Balaban J connectivity index is 1.98. The molecule has 0 radical (unpaired) electrons. The number of carbonyl (C=O) groups excluding carboxylic acids is 2. The van der Waals surface area contributed by atoms with Gasteiger partial charge in [-0.3, -0.25) is 4.79 Å². The fourth-order valence-corrected chi connectivity index (χ4v) is 1.83. The Kier molecular flexibility index (Phi) is 4.78. The maximum Gasteiger partial charge on any atom is 0.407 e. The highest BCUT2D eigenvalue weighted by Crippen LogP contribution is 2.10. The van der Waals surface area contributed by atoms with Crippen LogP contribution in [-0.2, 0) is 11.3 Å². The molecular weight excluding hydrogens is 296 g/mol. The number of ether oxygens (including phenoxy) is 1. The summed E-state index contributed by atoms with van der Waals surface area (Å²) >= 11 is 0. The van der Waals surface area contributed by atoms with E-state index in [1.807, 2.05) is 0 Å². The summed E-state index contributed by atoms with van der Waals surface area (Å²) < 4.78 is 6.73. The fraction of sp³-hybridized carbons (Fsp3) is 0.375. The number of aromatic nitrogens is 3. The summed E-state index contributed by atoms with van der Waals surface area (Å²) in [5.74, 6) is 0.0115. The van der Waals surface area contributed by atoms with Gasteiger partial charge in [0.1, 0.15) is 11.3 Å². The lowest BCUT2D eigenvalue weighted by molar-refractivity contribution is 0.0522. The van der Waals surface area contributed by atoms with E-state index in [2.05, 4.69) is 15.6 Å². The molecule has 0 fully saturated rings. The highest BCUT2D eigenvalue weighted by Gasteiger charge is 2.16. The number of carbonyl (C=O) groups is 2. The summed E-state index contributed by atoms with van der Waals surface area (Å²) in [4.78, 5) is 22.8. The van der Waals surface area contributed by atoms with Gasteiger partial charge in [-0.2, -0.15) is 0 Å². The lowest BCUT2D eigenvalue weighted by atomic mass is 10.1. The topological polar surface area (TPSA) is 86.1 Å². The first-order valence-corrected chi connectivity index (χ1v) is 7.24. The summed E-state index contributed by atoms with van der Waals surface area (Å²) in [5.41, 5.74) is 1.48. The van der Waals surface area contributed by atoms with Gasteiger partial charge in [-0.05, 0) is 52.0 Å². The molecule has 0 atom stereocenters. The van der Waals surface area contributed by atoms with Crippen LogP contribution >= 0.6 is 0 Å². The second-order valence-corrected chi connectivity index (χ2v) is 6.11. The maximum absolute atomic E-state index is 11.6. The van der Waals surface area contributed by atoms with Crippen LogP contribution in [0.25, 0.3) is 5.69 Å². The lowest BCUT2D eigenvalue weighted by Crippen LogP contribution is -2.32. The Labute approximate surface area is 134 Å². The number of Topliss-reactive ketones (excluding diaryl/α,β-unsaturated/α-hetero) is 1. The Morgan fingerprint density at radius 3 is 2.43 bits per heavy atom. The first kappa shape index (κ1) is 16.7. The number of alkyl carbamates (subject to hydrolysis) is 1. The molecule has 0 unspecified atom stereocenters. The van der Waals surface area contributed by atoms with Crippen LogP contribution in [0.3, 0.4) is 0 Å². The number of hydrogen-bond donors (Lipinski definition) is 1. The molecule has 122 valence electrons. The quantitative estimate of drug-likeness (QED) is 0.876. The molecule has 2 rings (SSSR count). The Bertz CT molecular complexity index is 699. The summed E-state index contributed by atoms with van der Waals surface area (Å²) in [7, 11) is 0. The van der Waals surface area contributed by atoms with Crippen molar-refractivity contribution in [2.24, 2.45) is 0 Å². The van der Waals surface area contributed by atoms with E-state index in [4.69, 9.17) is 4.74 Å². The molecule has 7 nitrogen and oxygen atoms in total. The summed E-state index contributed by atoms with van der Waals surface area (Å²) in [6, 6.07) is 7.04. The minimum atomic E-state index is -0.542. The van der Waals surface area contributed by atoms with Gasteiger partial charge in [0.25, 0.3) is 0 Å². The standard InChI is InChI=1S/C16H20N4O3/c1-11(21)12-5-7-14(8-6-12)20-10-13(18-19-20)9-17-15(22)23-16(2,3)4/h5-8,10H,9H2,1-4H3,(H,17,22). The van der Waals surface area contributed by atoms with E-state index in [-0.39, 0.29) is 12.3 Å². The Morgan fingerprint density at radius 2 is 1.87 bits per heavy atom. The van der Waals surface area contributed by atoms with Gasteiger partial charge >= 0.3 is 6.09 Å². The second-order valence-electron chi connectivity index (χ2n) is 6.11. The first-order chi connectivity index (χ1) is 10.7. The highest BCUT2D eigenvalue weighted by molar-refractivity contribution is 5.94. The molecule has 1 aromatic heterocycles. The predicted molar refractivity (Wildman–Crippen MR) is 84.4 cm³/mol. The van der Waals surface area contributed by atoms with Crippen molar-refractivity contribution in [2.75, 3.05) is 0 Å². The second kappa shape index (κ2) is 6.60. The minimum absolute atomic E-state index is 0.0115. The molecule has 1 heterocycles. The first-order valence-electron chi connectivity index (χ1n) is 7.24. The number of benzene rings is 1. The largest absolute Gasteiger partial charge is 0.444 e. The molecule has 7 heteroatoms. The molecule has 0 spiro atoms. The van der Waals surface area contributed by atoms with E-state index in [1.54, 1.807) is 55.9 Å². The summed E-state index contributed by atoms with van der Waals surface area (Å²) in [6.07, 6.45) is 1.21. The summed E-state index contributed by atoms with van der Waals surface area (Å²) in [6.45, 7) is 7.14. The van der Waals surface area contributed by atoms with E-state index in [0.29, 0.717) is 11.3 Å². The number of rotatable bonds is 4. The van der Waals surface area contributed by atoms with E-state index in [9.17, 15) is 9.59 Å². The van der Waals surface area contributed by atoms with Crippen molar-refractivity contribution in [1.29, 1.82) is 0 Å². The van der Waals surface area contributed by atoms with Crippen LogP contribution in [0.5, 0.6) is 0 Å². The van der Waals surface area contributed by atoms with Crippen LogP contribution in [0, 0.1) is 0 Å². The molecule has 0 aliphatic heterocycles. The van der Waals surface area contributed by atoms with Crippen molar-refractivity contribution in [2.45, 2.75) is 39.8 Å². The normalized spacial score (nSPS) is 11.1. The van der Waals surface area contributed by atoms with Crippen LogP contribution in [-0.4, -0.2) is 32.5 Å². The average Bonchev–Trinajstić information content (AvgIpc) is 2.92. The number of ketones is 1. The predicted octanol–water partition coefficient (Wildman–Crippen LogP) is 2.49. The van der Waals surface area contributed by atoms with Crippen LogP contribution in [0.1, 0.15) is 43.7 Å². The van der Waals surface area contributed by atoms with Crippen LogP contribution in [0.15, 0.2) is 30.5 Å². The van der Waals surface area contributed by atoms with Crippen LogP contribution < -0.4 is 5.32 Å². The molecule has 0 bridgehead atoms. The number of nitrogens with one attached hydrogen (secondary N) is 1. The summed E-state index contributed by atoms with van der Waals surface area (Å²) in [5, 5.41) is 10.6. The smallest absolute Gasteiger partial charge is 0.407 e. The van der Waals surface area contributed by atoms with Gasteiger partial charge < -0.3 is 10.1 Å². The van der Waals surface area contributed by atoms with E-state index in [1.165, 1.54) is 6.92 Å². The molecule has 2 aromatic rings. The SMILES string of the molecule is CC(=O)c1ccc(-n2cc(CNC(=O)OC(C)(C)C)nn2)cc1. The number of nitrogens with zero attached hydrogens (tertiary/aromatic N) is 3. The average molecular weight is 316 g/mol.